The number of fused-ring (bicyclic) bond motifs is 1. The van der Waals surface area contributed by atoms with Crippen molar-refractivity contribution in [3.05, 3.63) is 34.4 Å². The number of nitrogen functional groups attached to an aromatic ring is 1. The van der Waals surface area contributed by atoms with Crippen LogP contribution in [0, 0.1) is 10.1 Å². The van der Waals surface area contributed by atoms with E-state index in [2.05, 4.69) is 20.1 Å². The molecule has 3 rings (SSSR count). The zero-order valence-electron chi connectivity index (χ0n) is 11.6. The molecule has 0 saturated heterocycles. The molecular formula is C11H9N7O4S. The second kappa shape index (κ2) is 4.95. The third-order valence-corrected chi connectivity index (χ3v) is 3.73. The lowest BCUT2D eigenvalue weighted by atomic mass is 10.2. The first-order valence-electron chi connectivity index (χ1n) is 6.11. The van der Waals surface area contributed by atoms with Gasteiger partial charge >= 0.3 is 0 Å². The number of nitrogens with zero attached hydrogens (tertiary/aromatic N) is 6. The first kappa shape index (κ1) is 14.8. The van der Waals surface area contributed by atoms with Gasteiger partial charge in [-0.25, -0.2) is 8.42 Å². The maximum atomic E-state index is 11.5. The van der Waals surface area contributed by atoms with Crippen molar-refractivity contribution in [2.75, 3.05) is 12.0 Å². The van der Waals surface area contributed by atoms with E-state index < -0.39 is 19.9 Å². The van der Waals surface area contributed by atoms with E-state index >= 15 is 0 Å². The number of non-ortho nitro benzene ring substituents is 1. The number of nitro groups is 1. The Morgan fingerprint density at radius 2 is 1.83 bits per heavy atom. The first-order valence-corrected chi connectivity index (χ1v) is 8.00. The van der Waals surface area contributed by atoms with Gasteiger partial charge in [-0.3, -0.25) is 10.1 Å². The Balaban J connectivity index is 2.13. The zero-order valence-corrected chi connectivity index (χ0v) is 12.4. The van der Waals surface area contributed by atoms with Crippen LogP contribution in [0.3, 0.4) is 0 Å². The van der Waals surface area contributed by atoms with Crippen LogP contribution in [0.4, 0.5) is 11.6 Å². The Kier molecular flexibility index (Phi) is 3.18. The molecule has 11 nitrogen and oxygen atoms in total. The van der Waals surface area contributed by atoms with Crippen LogP contribution >= 0.6 is 0 Å². The van der Waals surface area contributed by atoms with E-state index in [0.717, 1.165) is 10.8 Å². The molecule has 0 radical (unpaired) electrons. The third kappa shape index (κ3) is 2.66. The second-order valence-corrected chi connectivity index (χ2v) is 6.50. The maximum Gasteiger partial charge on any atom is 0.269 e. The molecule has 2 aromatic heterocycles. The van der Waals surface area contributed by atoms with E-state index in [0.29, 0.717) is 5.56 Å². The lowest BCUT2D eigenvalue weighted by molar-refractivity contribution is -0.384. The summed E-state index contributed by atoms with van der Waals surface area (Å²) in [7, 11) is -3.65. The van der Waals surface area contributed by atoms with Gasteiger partial charge in [-0.1, -0.05) is 0 Å². The van der Waals surface area contributed by atoms with Gasteiger partial charge in [0.15, 0.2) is 5.82 Å². The number of aromatic nitrogens is 5. The number of nitro benzene ring substituents is 1. The summed E-state index contributed by atoms with van der Waals surface area (Å²) in [6.45, 7) is 0. The predicted molar refractivity (Wildman–Crippen MR) is 78.2 cm³/mol. The summed E-state index contributed by atoms with van der Waals surface area (Å²) < 4.78 is 24.1. The molecule has 0 bridgehead atoms. The van der Waals surface area contributed by atoms with Gasteiger partial charge in [0, 0.05) is 24.0 Å². The number of hydrogen-bond donors (Lipinski definition) is 1. The topological polar surface area (TPSA) is 159 Å². The summed E-state index contributed by atoms with van der Waals surface area (Å²) in [4.78, 5) is 21.7. The van der Waals surface area contributed by atoms with Gasteiger partial charge in [-0.15, -0.1) is 5.10 Å². The summed E-state index contributed by atoms with van der Waals surface area (Å²) in [5.74, 6) is -0.0334. The molecule has 0 fully saturated rings. The highest BCUT2D eigenvalue weighted by atomic mass is 32.2. The van der Waals surface area contributed by atoms with Crippen LogP contribution in [0.25, 0.3) is 17.2 Å². The monoisotopic (exact) mass is 335 g/mol. The van der Waals surface area contributed by atoms with Gasteiger partial charge in [0.2, 0.25) is 15.8 Å². The summed E-state index contributed by atoms with van der Waals surface area (Å²) in [5, 5.41) is 14.3. The van der Waals surface area contributed by atoms with E-state index in [-0.39, 0.29) is 23.2 Å². The summed E-state index contributed by atoms with van der Waals surface area (Å²) in [6.07, 6.45) is 0.950. The Hall–Kier alpha value is -3.15. The lowest BCUT2D eigenvalue weighted by Crippen LogP contribution is -2.11. The molecule has 0 spiro atoms. The number of rotatable bonds is 3. The minimum absolute atomic E-state index is 0.0359. The molecule has 0 saturated carbocycles. The fourth-order valence-corrected chi connectivity index (χ4v) is 2.31. The number of anilines is 1. The molecule has 23 heavy (non-hydrogen) atoms. The van der Waals surface area contributed by atoms with Crippen molar-refractivity contribution in [1.29, 1.82) is 0 Å². The Morgan fingerprint density at radius 3 is 2.39 bits per heavy atom. The van der Waals surface area contributed by atoms with Crippen LogP contribution in [-0.2, 0) is 9.84 Å². The van der Waals surface area contributed by atoms with Crippen LogP contribution in [0.5, 0.6) is 0 Å². The first-order chi connectivity index (χ1) is 10.8. The fraction of sp³-hybridized carbons (Fsp3) is 0.0909. The van der Waals surface area contributed by atoms with Crippen molar-refractivity contribution in [1.82, 2.24) is 24.6 Å². The molecule has 0 aliphatic heterocycles. The van der Waals surface area contributed by atoms with Gasteiger partial charge in [-0.05, 0) is 12.1 Å². The standard InChI is InChI=1S/C11H9N7O4S/c1-23(21,22)11-14-9(12)17-10(15-11)13-8(16-17)6-2-4-7(5-3-6)18(19)20/h2-5H,1H3,(H2,12,13,14,15,16). The van der Waals surface area contributed by atoms with Crippen molar-refractivity contribution in [2.24, 2.45) is 0 Å². The van der Waals surface area contributed by atoms with Gasteiger partial charge in [0.25, 0.3) is 16.6 Å². The van der Waals surface area contributed by atoms with Crippen LogP contribution < -0.4 is 5.73 Å². The quantitative estimate of drug-likeness (QED) is 0.516. The molecule has 0 aliphatic carbocycles. The van der Waals surface area contributed by atoms with E-state index in [4.69, 9.17) is 5.73 Å². The average Bonchev–Trinajstić information content (AvgIpc) is 2.91. The normalized spacial score (nSPS) is 11.7. The second-order valence-electron chi connectivity index (χ2n) is 4.59. The molecule has 2 heterocycles. The minimum atomic E-state index is -3.65. The van der Waals surface area contributed by atoms with E-state index in [1.165, 1.54) is 24.3 Å². The summed E-state index contributed by atoms with van der Waals surface area (Å²) in [6, 6.07) is 5.54. The molecule has 1 aromatic carbocycles. The van der Waals surface area contributed by atoms with Crippen molar-refractivity contribution >= 4 is 27.3 Å². The molecule has 2 N–H and O–H groups in total. The molecule has 0 unspecified atom stereocenters. The number of nitrogens with two attached hydrogens (primary N) is 1. The van der Waals surface area contributed by atoms with Gasteiger partial charge in [-0.2, -0.15) is 19.5 Å². The highest BCUT2D eigenvalue weighted by Crippen LogP contribution is 2.20. The SMILES string of the molecule is CS(=O)(=O)c1nc(N)n2nc(-c3ccc([N+](=O)[O-])cc3)nc2n1. The smallest absolute Gasteiger partial charge is 0.269 e. The van der Waals surface area contributed by atoms with Crippen LogP contribution in [-0.4, -0.2) is 44.2 Å². The van der Waals surface area contributed by atoms with E-state index in [1.54, 1.807) is 0 Å². The third-order valence-electron chi connectivity index (χ3n) is 2.88. The van der Waals surface area contributed by atoms with Crippen molar-refractivity contribution in [3.63, 3.8) is 0 Å². The molecule has 0 amide bonds. The van der Waals surface area contributed by atoms with Gasteiger partial charge in [0.05, 0.1) is 4.92 Å². The molecule has 118 valence electrons. The lowest BCUT2D eigenvalue weighted by Gasteiger charge is -1.99. The molecular weight excluding hydrogens is 326 g/mol. The predicted octanol–water partition coefficient (Wildman–Crippen LogP) is 0.0802. The highest BCUT2D eigenvalue weighted by Gasteiger charge is 2.18. The Morgan fingerprint density at radius 1 is 1.17 bits per heavy atom. The van der Waals surface area contributed by atoms with Crippen LogP contribution in [0.15, 0.2) is 29.4 Å². The summed E-state index contributed by atoms with van der Waals surface area (Å²) >= 11 is 0. The molecule has 12 heteroatoms. The molecule has 0 aliphatic rings. The minimum Gasteiger partial charge on any atom is -0.368 e. The average molecular weight is 335 g/mol. The van der Waals surface area contributed by atoms with Crippen molar-refractivity contribution < 1.29 is 13.3 Å². The van der Waals surface area contributed by atoms with Gasteiger partial charge in [0.1, 0.15) is 0 Å². The van der Waals surface area contributed by atoms with Crippen molar-refractivity contribution in [2.45, 2.75) is 5.16 Å². The molecule has 3 aromatic rings. The number of benzene rings is 1. The Bertz CT molecular complexity index is 1030. The van der Waals surface area contributed by atoms with Crippen LogP contribution in [0.1, 0.15) is 0 Å². The zero-order chi connectivity index (χ0) is 16.8. The summed E-state index contributed by atoms with van der Waals surface area (Å²) in [5.41, 5.74) is 6.08. The largest absolute Gasteiger partial charge is 0.368 e. The maximum absolute atomic E-state index is 11.5. The van der Waals surface area contributed by atoms with E-state index in [9.17, 15) is 18.5 Å². The fourth-order valence-electron chi connectivity index (χ4n) is 1.81. The van der Waals surface area contributed by atoms with Gasteiger partial charge < -0.3 is 5.73 Å². The van der Waals surface area contributed by atoms with E-state index in [1.807, 2.05) is 0 Å². The molecule has 0 atom stereocenters. The van der Waals surface area contributed by atoms with Crippen LogP contribution in [0.2, 0.25) is 0 Å². The Labute approximate surface area is 128 Å². The number of hydrogen-bond acceptors (Lipinski definition) is 9. The number of sulfone groups is 1. The van der Waals surface area contributed by atoms with Crippen molar-refractivity contribution in [3.8, 4) is 11.4 Å². The highest BCUT2D eigenvalue weighted by molar-refractivity contribution is 7.90.